The first-order valence-corrected chi connectivity index (χ1v) is 11.3. The minimum absolute atomic E-state index is 0.152. The Morgan fingerprint density at radius 2 is 1.97 bits per heavy atom. The summed E-state index contributed by atoms with van der Waals surface area (Å²) in [6, 6.07) is 8.04. The first kappa shape index (κ1) is 26.6. The molecule has 2 heterocycles. The number of nitrogens with zero attached hydrogens (tertiary/aromatic N) is 2. The molecule has 1 unspecified atom stereocenters. The second kappa shape index (κ2) is 10.7. The van der Waals surface area contributed by atoms with Gasteiger partial charge in [-0.1, -0.05) is 18.2 Å². The van der Waals surface area contributed by atoms with Crippen molar-refractivity contribution in [2.24, 2.45) is 0 Å². The van der Waals surface area contributed by atoms with Crippen molar-refractivity contribution in [2.45, 2.75) is 57.0 Å². The molecule has 0 amide bonds. The van der Waals surface area contributed by atoms with Crippen molar-refractivity contribution in [1.82, 2.24) is 20.0 Å². The smallest absolute Gasteiger partial charge is 0.351 e. The fraction of sp³-hybridized carbons (Fsp3) is 0.429. The van der Waals surface area contributed by atoms with Gasteiger partial charge in [0.2, 0.25) is 6.23 Å². The van der Waals surface area contributed by atoms with Gasteiger partial charge in [0.15, 0.2) is 0 Å². The lowest BCUT2D eigenvalue weighted by Crippen LogP contribution is -2.69. The van der Waals surface area contributed by atoms with E-state index in [4.69, 9.17) is 19.9 Å². The number of carbonyl (C=O) groups excluding carboxylic acids is 1. The normalized spacial score (nSPS) is 22.0. The second-order valence-electron chi connectivity index (χ2n) is 8.00. The molecule has 0 saturated carbocycles. The number of ether oxygens (including phenoxy) is 3. The van der Waals surface area contributed by atoms with Crippen LogP contribution in [0.3, 0.4) is 0 Å². The molecule has 2 aromatic rings. The zero-order chi connectivity index (χ0) is 25.8. The van der Waals surface area contributed by atoms with Gasteiger partial charge in [0.05, 0.1) is 12.5 Å². The molecule has 1 fully saturated rings. The molecule has 11 nitrogen and oxygen atoms in total. The summed E-state index contributed by atoms with van der Waals surface area (Å²) in [5.74, 6) is -6.56. The molecule has 1 saturated heterocycles. The van der Waals surface area contributed by atoms with Gasteiger partial charge in [-0.25, -0.2) is 13.6 Å². The number of hydrogen-bond acceptors (Lipinski definition) is 9. The lowest BCUT2D eigenvalue weighted by Gasteiger charge is -2.39. The van der Waals surface area contributed by atoms with E-state index in [-0.39, 0.29) is 11.6 Å². The molecule has 189 valence electrons. The van der Waals surface area contributed by atoms with Gasteiger partial charge in [0.25, 0.3) is 20.4 Å². The molecule has 0 spiro atoms. The van der Waals surface area contributed by atoms with Crippen molar-refractivity contribution in [3.05, 3.63) is 59.5 Å². The molecule has 0 aliphatic carbocycles. The molecule has 14 heteroatoms. The minimum atomic E-state index is -3.71. The van der Waals surface area contributed by atoms with E-state index in [1.54, 1.807) is 32.0 Å². The summed E-state index contributed by atoms with van der Waals surface area (Å²) < 4.78 is 59.2. The Morgan fingerprint density at radius 1 is 1.29 bits per heavy atom. The number of alkyl halides is 2. The molecule has 1 radical (unpaired) electrons. The van der Waals surface area contributed by atoms with Crippen LogP contribution in [0.4, 0.5) is 14.6 Å². The van der Waals surface area contributed by atoms with E-state index in [0.717, 1.165) is 6.20 Å². The lowest BCUT2D eigenvalue weighted by molar-refractivity contribution is -0.164. The van der Waals surface area contributed by atoms with Gasteiger partial charge in [-0.15, -0.1) is 0 Å². The maximum Gasteiger partial charge on any atom is 0.351 e. The number of anilines is 1. The fourth-order valence-electron chi connectivity index (χ4n) is 3.37. The number of nitrogen functional groups attached to an aromatic ring is 1. The molecule has 3 rings (SSSR count). The molecule has 1 aromatic carbocycles. The molecule has 0 bridgehead atoms. The van der Waals surface area contributed by atoms with Crippen molar-refractivity contribution in [3.8, 4) is 5.75 Å². The standard InChI is InChI=1S/C21H25F2N5O6P/c1-12(2)32-17(29)13(3)26-21(27-35-31,34-14-7-5-4-6-8-14)15-11-20(22,23)18(33-15)28-10-9-16(24)25-19(28)30/h4-13,15,18,26H,1-3H3,(H,27,31)(H2,24,25,30)/t13-,15+,18+,21?/m0/s1. The number of benzene rings is 1. The molecule has 4 N–H and O–H groups in total. The summed E-state index contributed by atoms with van der Waals surface area (Å²) in [5, 5.41) is 5.16. The third-order valence-corrected chi connectivity index (χ3v) is 5.28. The Kier molecular flexibility index (Phi) is 8.16. The summed E-state index contributed by atoms with van der Waals surface area (Å²) in [5.41, 5.74) is 4.39. The van der Waals surface area contributed by atoms with Crippen molar-refractivity contribution >= 4 is 20.4 Å². The van der Waals surface area contributed by atoms with Crippen LogP contribution in [0.2, 0.25) is 0 Å². The number of carbonyl (C=O) groups is 1. The Bertz CT molecular complexity index is 1110. The van der Waals surface area contributed by atoms with Gasteiger partial charge in [0.1, 0.15) is 23.7 Å². The molecule has 1 aromatic heterocycles. The number of rotatable bonds is 10. The molecular formula is C21H25F2N5O6P. The van der Waals surface area contributed by atoms with Crippen LogP contribution in [0.1, 0.15) is 27.0 Å². The van der Waals surface area contributed by atoms with E-state index in [1.165, 1.54) is 25.1 Å². The Balaban J connectivity index is 2.02. The monoisotopic (exact) mass is 512 g/mol. The van der Waals surface area contributed by atoms with Gasteiger partial charge in [0, 0.05) is 6.20 Å². The first-order valence-electron chi connectivity index (χ1n) is 10.5. The summed E-state index contributed by atoms with van der Waals surface area (Å²) in [4.78, 5) is 28.2. The predicted molar refractivity (Wildman–Crippen MR) is 120 cm³/mol. The van der Waals surface area contributed by atoms with Gasteiger partial charge >= 0.3 is 11.7 Å². The van der Waals surface area contributed by atoms with Crippen LogP contribution in [-0.2, 0) is 18.8 Å². The number of hydrogen-bond donors (Lipinski definition) is 3. The number of para-hydroxylation sites is 1. The molecular weight excluding hydrogens is 487 g/mol. The van der Waals surface area contributed by atoms with E-state index in [9.17, 15) is 14.2 Å². The van der Waals surface area contributed by atoms with Gasteiger partial charge in [-0.3, -0.25) is 19.2 Å². The summed E-state index contributed by atoms with van der Waals surface area (Å²) in [6.07, 6.45) is -2.75. The fourth-order valence-corrected chi connectivity index (χ4v) is 3.74. The van der Waals surface area contributed by atoms with E-state index in [1.807, 2.05) is 0 Å². The van der Waals surface area contributed by atoms with E-state index < -0.39 is 56.5 Å². The summed E-state index contributed by atoms with van der Waals surface area (Å²) in [6.45, 7) is 4.70. The van der Waals surface area contributed by atoms with Crippen LogP contribution in [0.25, 0.3) is 0 Å². The Hall–Kier alpha value is -2.99. The molecule has 1 aliphatic heterocycles. The van der Waals surface area contributed by atoms with Crippen LogP contribution >= 0.6 is 8.61 Å². The molecule has 1 aliphatic rings. The third-order valence-electron chi connectivity index (χ3n) is 4.85. The van der Waals surface area contributed by atoms with Crippen LogP contribution in [0, 0.1) is 6.42 Å². The minimum Gasteiger partial charge on any atom is -0.462 e. The van der Waals surface area contributed by atoms with Crippen LogP contribution < -0.4 is 26.6 Å². The zero-order valence-electron chi connectivity index (χ0n) is 19.1. The van der Waals surface area contributed by atoms with E-state index in [2.05, 4.69) is 15.4 Å². The topological polar surface area (TPSA) is 147 Å². The predicted octanol–water partition coefficient (Wildman–Crippen LogP) is 2.02. The van der Waals surface area contributed by atoms with Crippen molar-refractivity contribution in [2.75, 3.05) is 5.73 Å². The quantitative estimate of drug-likeness (QED) is 0.245. The first-order chi connectivity index (χ1) is 16.5. The molecule has 4 atom stereocenters. The highest BCUT2D eigenvalue weighted by Gasteiger charge is 2.60. The number of halogens is 2. The number of esters is 1. The number of aromatic nitrogens is 2. The number of nitrogens with two attached hydrogens (primary N) is 1. The van der Waals surface area contributed by atoms with Crippen LogP contribution in [0.15, 0.2) is 47.4 Å². The van der Waals surface area contributed by atoms with Crippen LogP contribution in [-0.4, -0.2) is 45.5 Å². The van der Waals surface area contributed by atoms with Crippen molar-refractivity contribution in [3.63, 3.8) is 0 Å². The molecule has 35 heavy (non-hydrogen) atoms. The largest absolute Gasteiger partial charge is 0.462 e. The van der Waals surface area contributed by atoms with Gasteiger partial charge < -0.3 is 19.9 Å². The zero-order valence-corrected chi connectivity index (χ0v) is 19.9. The Morgan fingerprint density at radius 3 is 2.57 bits per heavy atom. The van der Waals surface area contributed by atoms with Crippen molar-refractivity contribution in [1.29, 1.82) is 0 Å². The van der Waals surface area contributed by atoms with E-state index >= 15 is 8.78 Å². The maximum absolute atomic E-state index is 15.1. The SMILES string of the molecule is CC(C)OC(=O)[C@H](C)NC(NP=O)(Oc1ccccc1)[C@H]1[CH]C(F)(F)[C@H](n2ccc(N)nc2=O)O1. The van der Waals surface area contributed by atoms with Crippen LogP contribution in [0.5, 0.6) is 5.75 Å². The summed E-state index contributed by atoms with van der Waals surface area (Å²) >= 11 is 0. The van der Waals surface area contributed by atoms with Gasteiger partial charge in [-0.2, -0.15) is 10.1 Å². The average Bonchev–Trinajstić information content (AvgIpc) is 3.09. The highest BCUT2D eigenvalue weighted by Crippen LogP contribution is 2.44. The Labute approximate surface area is 201 Å². The number of nitrogens with one attached hydrogen (secondary N) is 2. The maximum atomic E-state index is 15.1. The van der Waals surface area contributed by atoms with E-state index in [0.29, 0.717) is 11.0 Å². The average molecular weight is 512 g/mol. The second-order valence-corrected chi connectivity index (χ2v) is 8.40. The lowest BCUT2D eigenvalue weighted by atomic mass is 10.1. The van der Waals surface area contributed by atoms with Gasteiger partial charge in [-0.05, 0) is 39.0 Å². The van der Waals surface area contributed by atoms with Crippen molar-refractivity contribution < 1.29 is 32.4 Å². The highest BCUT2D eigenvalue weighted by molar-refractivity contribution is 7.21. The third kappa shape index (κ3) is 6.17. The highest BCUT2D eigenvalue weighted by atomic mass is 31.1. The summed E-state index contributed by atoms with van der Waals surface area (Å²) in [7, 11) is -0.733.